The summed E-state index contributed by atoms with van der Waals surface area (Å²) in [6.45, 7) is 1.18. The number of amides is 2. The molecule has 2 heterocycles. The fourth-order valence-corrected chi connectivity index (χ4v) is 7.59. The first-order chi connectivity index (χ1) is 16.4. The van der Waals surface area contributed by atoms with Gasteiger partial charge in [0, 0.05) is 37.5 Å². The average molecular weight is 500 g/mol. The number of rotatable bonds is 4. The van der Waals surface area contributed by atoms with Crippen molar-refractivity contribution >= 4 is 33.6 Å². The maximum Gasteiger partial charge on any atom is 0.255 e. The second-order valence-corrected chi connectivity index (χ2v) is 12.0. The molecule has 0 spiro atoms. The molecule has 0 radical (unpaired) electrons. The molecule has 1 aliphatic carbocycles. The number of benzene rings is 2. The van der Waals surface area contributed by atoms with Crippen LogP contribution in [0.5, 0.6) is 0 Å². The number of aryl methyl sites for hydroxylation is 2. The van der Waals surface area contributed by atoms with Crippen LogP contribution in [-0.4, -0.2) is 78.2 Å². The summed E-state index contributed by atoms with van der Waals surface area (Å²) in [5.74, 6) is 0.805. The number of carbonyl (C=O) groups excluding carboxylic acids is 2. The van der Waals surface area contributed by atoms with E-state index in [4.69, 9.17) is 0 Å². The van der Waals surface area contributed by atoms with E-state index in [1.807, 2.05) is 30.3 Å². The van der Waals surface area contributed by atoms with E-state index < -0.39 is 16.1 Å². The summed E-state index contributed by atoms with van der Waals surface area (Å²) in [6, 6.07) is 14.0. The molecule has 3 aliphatic rings. The van der Waals surface area contributed by atoms with Gasteiger partial charge in [-0.1, -0.05) is 24.3 Å². The van der Waals surface area contributed by atoms with Crippen LogP contribution < -0.4 is 0 Å². The van der Waals surface area contributed by atoms with E-state index in [1.54, 1.807) is 39.8 Å². The first kappa shape index (κ1) is 23.4. The van der Waals surface area contributed by atoms with Crippen LogP contribution in [0.2, 0.25) is 0 Å². The fourth-order valence-electron chi connectivity index (χ4n) is 4.97. The Balaban J connectivity index is 1.24. The normalized spacial score (nSPS) is 21.4. The van der Waals surface area contributed by atoms with Gasteiger partial charge in [-0.05, 0) is 61.1 Å². The molecule has 34 heavy (non-hydrogen) atoms. The van der Waals surface area contributed by atoms with Gasteiger partial charge in [0.1, 0.15) is 6.04 Å². The van der Waals surface area contributed by atoms with Gasteiger partial charge in [0.05, 0.1) is 10.8 Å². The van der Waals surface area contributed by atoms with E-state index in [1.165, 1.54) is 9.87 Å². The summed E-state index contributed by atoms with van der Waals surface area (Å²) in [7, 11) is -3.60. The van der Waals surface area contributed by atoms with Crippen LogP contribution in [0.3, 0.4) is 0 Å². The monoisotopic (exact) mass is 499 g/mol. The van der Waals surface area contributed by atoms with Crippen LogP contribution in [0, 0.1) is 0 Å². The zero-order valence-electron chi connectivity index (χ0n) is 19.1. The lowest BCUT2D eigenvalue weighted by molar-refractivity contribution is -0.136. The van der Waals surface area contributed by atoms with Gasteiger partial charge in [-0.15, -0.1) is 11.8 Å². The maximum absolute atomic E-state index is 13.3. The number of carbonyl (C=O) groups is 2. The van der Waals surface area contributed by atoms with Crippen LogP contribution in [0.1, 0.15) is 34.3 Å². The SMILES string of the molecule is O=C([C@@H]1CSCN1C(=O)c1ccccc1)N1CCN(S(=O)(=O)c2ccc3c(c2)CCCC3)CC1. The Morgan fingerprint density at radius 3 is 2.32 bits per heavy atom. The minimum atomic E-state index is -3.60. The molecule has 9 heteroatoms. The number of fused-ring (bicyclic) bond motifs is 1. The minimum Gasteiger partial charge on any atom is -0.338 e. The molecule has 0 bridgehead atoms. The Labute approximate surface area is 205 Å². The van der Waals surface area contributed by atoms with Crippen molar-refractivity contribution in [1.82, 2.24) is 14.1 Å². The van der Waals surface area contributed by atoms with Crippen LogP contribution in [0.25, 0.3) is 0 Å². The smallest absolute Gasteiger partial charge is 0.255 e. The van der Waals surface area contributed by atoms with Crippen LogP contribution in [0.15, 0.2) is 53.4 Å². The molecule has 5 rings (SSSR count). The van der Waals surface area contributed by atoms with Crippen molar-refractivity contribution in [2.45, 2.75) is 36.6 Å². The number of hydrogen-bond donors (Lipinski definition) is 0. The topological polar surface area (TPSA) is 78.0 Å². The van der Waals surface area contributed by atoms with Gasteiger partial charge in [-0.3, -0.25) is 9.59 Å². The largest absolute Gasteiger partial charge is 0.338 e. The number of thioether (sulfide) groups is 1. The average Bonchev–Trinajstić information content (AvgIpc) is 3.38. The molecule has 2 saturated heterocycles. The fraction of sp³-hybridized carbons (Fsp3) is 0.440. The van der Waals surface area contributed by atoms with Crippen LogP contribution in [-0.2, 0) is 27.7 Å². The van der Waals surface area contributed by atoms with E-state index in [9.17, 15) is 18.0 Å². The van der Waals surface area contributed by atoms with E-state index in [-0.39, 0.29) is 24.9 Å². The quantitative estimate of drug-likeness (QED) is 0.646. The summed E-state index contributed by atoms with van der Waals surface area (Å²) < 4.78 is 28.0. The summed E-state index contributed by atoms with van der Waals surface area (Å²) in [6.07, 6.45) is 4.20. The number of sulfonamides is 1. The molecule has 2 fully saturated rings. The van der Waals surface area contributed by atoms with Crippen molar-refractivity contribution in [1.29, 1.82) is 0 Å². The van der Waals surface area contributed by atoms with Crippen molar-refractivity contribution in [2.75, 3.05) is 37.8 Å². The summed E-state index contributed by atoms with van der Waals surface area (Å²) in [4.78, 5) is 29.9. The third-order valence-corrected chi connectivity index (χ3v) is 9.86. The Morgan fingerprint density at radius 2 is 1.59 bits per heavy atom. The predicted octanol–water partition coefficient (Wildman–Crippen LogP) is 2.61. The summed E-state index contributed by atoms with van der Waals surface area (Å²) in [5, 5.41) is 0. The lowest BCUT2D eigenvalue weighted by Gasteiger charge is -2.36. The van der Waals surface area contributed by atoms with E-state index >= 15 is 0 Å². The lowest BCUT2D eigenvalue weighted by atomic mass is 9.92. The highest BCUT2D eigenvalue weighted by Crippen LogP contribution is 2.28. The van der Waals surface area contributed by atoms with Gasteiger partial charge in [-0.2, -0.15) is 4.31 Å². The molecule has 0 unspecified atom stereocenters. The first-order valence-corrected chi connectivity index (χ1v) is 14.4. The third-order valence-electron chi connectivity index (χ3n) is 6.96. The molecule has 2 aliphatic heterocycles. The highest BCUT2D eigenvalue weighted by atomic mass is 32.2. The molecule has 0 aromatic heterocycles. The van der Waals surface area contributed by atoms with E-state index in [0.29, 0.717) is 35.2 Å². The van der Waals surface area contributed by atoms with E-state index in [0.717, 1.165) is 31.2 Å². The Kier molecular flexibility index (Phi) is 6.68. The van der Waals surface area contributed by atoms with Gasteiger partial charge < -0.3 is 9.80 Å². The zero-order valence-corrected chi connectivity index (χ0v) is 20.7. The molecule has 2 aromatic carbocycles. The van der Waals surface area contributed by atoms with Crippen molar-refractivity contribution < 1.29 is 18.0 Å². The first-order valence-electron chi connectivity index (χ1n) is 11.8. The van der Waals surface area contributed by atoms with Crippen molar-refractivity contribution in [3.05, 3.63) is 65.2 Å². The third kappa shape index (κ3) is 4.48. The molecule has 2 aromatic rings. The van der Waals surface area contributed by atoms with Gasteiger partial charge in [0.2, 0.25) is 15.9 Å². The molecule has 7 nitrogen and oxygen atoms in total. The van der Waals surface area contributed by atoms with Crippen molar-refractivity contribution in [2.24, 2.45) is 0 Å². The second-order valence-electron chi connectivity index (χ2n) is 9.02. The second kappa shape index (κ2) is 9.71. The van der Waals surface area contributed by atoms with Crippen molar-refractivity contribution in [3.8, 4) is 0 Å². The number of piperazine rings is 1. The van der Waals surface area contributed by atoms with Crippen molar-refractivity contribution in [3.63, 3.8) is 0 Å². The molecule has 180 valence electrons. The van der Waals surface area contributed by atoms with E-state index in [2.05, 4.69) is 0 Å². The Hall–Kier alpha value is -2.36. The Morgan fingerprint density at radius 1 is 0.882 bits per heavy atom. The Bertz CT molecular complexity index is 1180. The summed E-state index contributed by atoms with van der Waals surface area (Å²) in [5.41, 5.74) is 2.97. The van der Waals surface area contributed by atoms with Crippen LogP contribution >= 0.6 is 11.8 Å². The van der Waals surface area contributed by atoms with Gasteiger partial charge >= 0.3 is 0 Å². The van der Waals surface area contributed by atoms with Crippen LogP contribution in [0.4, 0.5) is 0 Å². The number of nitrogens with zero attached hydrogens (tertiary/aromatic N) is 3. The van der Waals surface area contributed by atoms with Gasteiger partial charge in [0.25, 0.3) is 5.91 Å². The standard InChI is InChI=1S/C25H29N3O4S2/c29-24(20-7-2-1-3-8-20)28-18-33-17-23(28)25(30)26-12-14-27(15-13-26)34(31,32)22-11-10-19-6-4-5-9-21(19)16-22/h1-3,7-8,10-11,16,23H,4-6,9,12-15,17-18H2/t23-/m0/s1. The molecule has 0 saturated carbocycles. The molecular weight excluding hydrogens is 470 g/mol. The molecule has 1 atom stereocenters. The van der Waals surface area contributed by atoms with Gasteiger partial charge in [0.15, 0.2) is 0 Å². The molecule has 0 N–H and O–H groups in total. The lowest BCUT2D eigenvalue weighted by Crippen LogP contribution is -2.55. The number of hydrogen-bond acceptors (Lipinski definition) is 5. The minimum absolute atomic E-state index is 0.0971. The van der Waals surface area contributed by atoms with Gasteiger partial charge in [-0.25, -0.2) is 8.42 Å². The highest BCUT2D eigenvalue weighted by molar-refractivity contribution is 7.99. The predicted molar refractivity (Wildman–Crippen MR) is 132 cm³/mol. The zero-order chi connectivity index (χ0) is 23.7. The highest BCUT2D eigenvalue weighted by Gasteiger charge is 2.39. The molecular formula is C25H29N3O4S2. The maximum atomic E-state index is 13.3. The summed E-state index contributed by atoms with van der Waals surface area (Å²) >= 11 is 1.57. The molecule has 2 amide bonds.